The number of hydrogen-bond acceptors (Lipinski definition) is 5. The van der Waals surface area contributed by atoms with Crippen molar-refractivity contribution in [1.82, 2.24) is 14.2 Å². The van der Waals surface area contributed by atoms with Crippen molar-refractivity contribution in [3.05, 3.63) is 36.4 Å². The lowest BCUT2D eigenvalue weighted by Gasteiger charge is -2.12. The van der Waals surface area contributed by atoms with Crippen LogP contribution in [0.2, 0.25) is 0 Å². The second kappa shape index (κ2) is 4.34. The van der Waals surface area contributed by atoms with Gasteiger partial charge in [0.2, 0.25) is 0 Å². The third-order valence-corrected chi connectivity index (χ3v) is 4.10. The number of aromatic nitrogens is 3. The smallest absolute Gasteiger partial charge is 0.284 e. The third kappa shape index (κ3) is 2.60. The van der Waals surface area contributed by atoms with Crippen LogP contribution in [0.5, 0.6) is 0 Å². The quantitative estimate of drug-likeness (QED) is 0.839. The normalized spacial score (nSPS) is 12.6. The highest BCUT2D eigenvalue weighted by Gasteiger charge is 2.23. The van der Waals surface area contributed by atoms with Crippen molar-refractivity contribution in [3.63, 3.8) is 0 Å². The molecule has 0 amide bonds. The van der Waals surface area contributed by atoms with Crippen molar-refractivity contribution in [2.45, 2.75) is 31.1 Å². The van der Waals surface area contributed by atoms with Gasteiger partial charge in [0.25, 0.3) is 10.0 Å². The molecule has 0 aliphatic heterocycles. The largest absolute Gasteiger partial charge is 0.399 e. The van der Waals surface area contributed by atoms with Crippen LogP contribution in [0.1, 0.15) is 26.6 Å². The minimum Gasteiger partial charge on any atom is -0.399 e. The molecule has 1 aromatic carbocycles. The number of nitrogens with two attached hydrogens (primary N) is 1. The molecule has 1 heterocycles. The fourth-order valence-corrected chi connectivity index (χ4v) is 2.51. The monoisotopic (exact) mass is 280 g/mol. The number of nitrogens with zero attached hydrogens (tertiary/aromatic N) is 3. The summed E-state index contributed by atoms with van der Waals surface area (Å²) in [6.45, 7) is 5.76. The summed E-state index contributed by atoms with van der Waals surface area (Å²) in [4.78, 5) is 4.18. The summed E-state index contributed by atoms with van der Waals surface area (Å²) in [6, 6.07) is 5.97. The van der Waals surface area contributed by atoms with E-state index in [1.165, 1.54) is 30.6 Å². The minimum atomic E-state index is -3.71. The highest BCUT2D eigenvalue weighted by molar-refractivity contribution is 7.89. The Balaban J connectivity index is 2.46. The van der Waals surface area contributed by atoms with E-state index in [0.717, 1.165) is 4.09 Å². The average molecular weight is 280 g/mol. The van der Waals surface area contributed by atoms with Gasteiger partial charge in [-0.15, -0.1) is 9.19 Å². The van der Waals surface area contributed by atoms with Gasteiger partial charge in [0.1, 0.15) is 6.33 Å². The summed E-state index contributed by atoms with van der Waals surface area (Å²) in [6.07, 6.45) is 1.21. The van der Waals surface area contributed by atoms with Crippen molar-refractivity contribution in [3.8, 4) is 0 Å². The molecule has 0 saturated carbocycles. The molecule has 2 aromatic rings. The molecule has 6 nitrogen and oxygen atoms in total. The Morgan fingerprint density at radius 2 is 1.74 bits per heavy atom. The molecule has 0 bridgehead atoms. The molecule has 2 N–H and O–H groups in total. The fraction of sp³-hybridized carbons (Fsp3) is 0.333. The minimum absolute atomic E-state index is 0.132. The van der Waals surface area contributed by atoms with E-state index in [1.807, 2.05) is 20.8 Å². The lowest BCUT2D eigenvalue weighted by molar-refractivity contribution is 0.540. The van der Waals surface area contributed by atoms with Crippen LogP contribution in [0.25, 0.3) is 0 Å². The number of rotatable bonds is 2. The number of benzene rings is 1. The summed E-state index contributed by atoms with van der Waals surface area (Å²) < 4.78 is 25.5. The van der Waals surface area contributed by atoms with E-state index in [9.17, 15) is 8.42 Å². The number of hydrogen-bond donors (Lipinski definition) is 1. The van der Waals surface area contributed by atoms with Crippen LogP contribution in [0.4, 0.5) is 5.69 Å². The zero-order chi connectivity index (χ0) is 14.3. The van der Waals surface area contributed by atoms with Gasteiger partial charge in [-0.1, -0.05) is 20.8 Å². The maximum Gasteiger partial charge on any atom is 0.284 e. The van der Waals surface area contributed by atoms with E-state index >= 15 is 0 Å². The van der Waals surface area contributed by atoms with Crippen molar-refractivity contribution in [2.24, 2.45) is 0 Å². The van der Waals surface area contributed by atoms with Crippen LogP contribution in [0.15, 0.2) is 35.5 Å². The van der Waals surface area contributed by atoms with Gasteiger partial charge < -0.3 is 5.73 Å². The van der Waals surface area contributed by atoms with E-state index in [2.05, 4.69) is 10.1 Å². The molecule has 0 radical (unpaired) electrons. The molecular weight excluding hydrogens is 264 g/mol. The first-order valence-corrected chi connectivity index (χ1v) is 7.18. The van der Waals surface area contributed by atoms with Gasteiger partial charge in [-0.05, 0) is 24.3 Å². The molecule has 0 saturated heterocycles. The zero-order valence-electron chi connectivity index (χ0n) is 11.0. The first kappa shape index (κ1) is 13.5. The molecule has 0 unspecified atom stereocenters. The van der Waals surface area contributed by atoms with Gasteiger partial charge in [-0.25, -0.2) is 4.98 Å². The lowest BCUT2D eigenvalue weighted by atomic mass is 9.96. The van der Waals surface area contributed by atoms with Gasteiger partial charge in [0, 0.05) is 11.1 Å². The maximum atomic E-state index is 12.3. The van der Waals surface area contributed by atoms with Crippen LogP contribution >= 0.6 is 0 Å². The predicted molar refractivity (Wildman–Crippen MR) is 72.2 cm³/mol. The van der Waals surface area contributed by atoms with Crippen molar-refractivity contribution < 1.29 is 8.42 Å². The van der Waals surface area contributed by atoms with Gasteiger partial charge in [0.15, 0.2) is 5.82 Å². The Bertz CT molecular complexity index is 681. The Morgan fingerprint density at radius 3 is 2.21 bits per heavy atom. The average Bonchev–Trinajstić information content (AvgIpc) is 2.79. The topological polar surface area (TPSA) is 90.9 Å². The second-order valence-corrected chi connectivity index (χ2v) is 7.06. The maximum absolute atomic E-state index is 12.3. The van der Waals surface area contributed by atoms with E-state index in [-0.39, 0.29) is 10.3 Å². The van der Waals surface area contributed by atoms with Crippen LogP contribution in [0, 0.1) is 0 Å². The SMILES string of the molecule is CC(C)(C)c1ncn(S(=O)(=O)c2ccc(N)cc2)n1. The first-order valence-electron chi connectivity index (χ1n) is 5.74. The van der Waals surface area contributed by atoms with Crippen molar-refractivity contribution in [2.75, 3.05) is 5.73 Å². The highest BCUT2D eigenvalue weighted by Crippen LogP contribution is 2.19. The van der Waals surface area contributed by atoms with Gasteiger partial charge in [-0.2, -0.15) is 8.42 Å². The molecule has 1 aromatic heterocycles. The number of nitrogen functional groups attached to an aromatic ring is 1. The van der Waals surface area contributed by atoms with Crippen LogP contribution < -0.4 is 5.73 Å². The summed E-state index contributed by atoms with van der Waals surface area (Å²) >= 11 is 0. The summed E-state index contributed by atoms with van der Waals surface area (Å²) in [5.74, 6) is 0.478. The first-order chi connectivity index (χ1) is 8.71. The second-order valence-electron chi connectivity index (χ2n) is 5.26. The molecule has 0 fully saturated rings. The molecule has 19 heavy (non-hydrogen) atoms. The van der Waals surface area contributed by atoms with Crippen molar-refractivity contribution >= 4 is 15.7 Å². The molecular formula is C12H16N4O2S. The van der Waals surface area contributed by atoms with Crippen LogP contribution in [-0.2, 0) is 15.4 Å². The van der Waals surface area contributed by atoms with E-state index in [4.69, 9.17) is 5.73 Å². The van der Waals surface area contributed by atoms with Gasteiger partial charge in [0.05, 0.1) is 4.90 Å². The molecule has 7 heteroatoms. The lowest BCUT2D eigenvalue weighted by Crippen LogP contribution is -2.17. The molecule has 0 aliphatic rings. The predicted octanol–water partition coefficient (Wildman–Crippen LogP) is 1.39. The third-order valence-electron chi connectivity index (χ3n) is 2.57. The Kier molecular flexibility index (Phi) is 3.09. The van der Waals surface area contributed by atoms with E-state index in [0.29, 0.717) is 11.5 Å². The van der Waals surface area contributed by atoms with Crippen LogP contribution in [0.3, 0.4) is 0 Å². The fourth-order valence-electron chi connectivity index (χ4n) is 1.46. The molecule has 102 valence electrons. The Labute approximate surface area is 112 Å². The van der Waals surface area contributed by atoms with Crippen LogP contribution in [-0.4, -0.2) is 22.6 Å². The van der Waals surface area contributed by atoms with E-state index < -0.39 is 10.0 Å². The molecule has 0 aliphatic carbocycles. The summed E-state index contributed by atoms with van der Waals surface area (Å²) in [5, 5.41) is 4.04. The van der Waals surface area contributed by atoms with Crippen molar-refractivity contribution in [1.29, 1.82) is 0 Å². The highest BCUT2D eigenvalue weighted by atomic mass is 32.2. The molecule has 0 spiro atoms. The molecule has 2 rings (SSSR count). The zero-order valence-corrected chi connectivity index (χ0v) is 11.8. The Hall–Kier alpha value is -1.89. The molecule has 0 atom stereocenters. The Morgan fingerprint density at radius 1 is 1.16 bits per heavy atom. The summed E-state index contributed by atoms with van der Waals surface area (Å²) in [7, 11) is -3.71. The summed E-state index contributed by atoms with van der Waals surface area (Å²) in [5.41, 5.74) is 5.74. The van der Waals surface area contributed by atoms with Gasteiger partial charge >= 0.3 is 0 Å². The number of anilines is 1. The van der Waals surface area contributed by atoms with Gasteiger partial charge in [-0.3, -0.25) is 0 Å². The standard InChI is InChI=1S/C12H16N4O2S/c1-12(2,3)11-14-8-16(15-11)19(17,18)10-6-4-9(13)5-7-10/h4-8H,13H2,1-3H3. The van der Waals surface area contributed by atoms with E-state index in [1.54, 1.807) is 0 Å².